The summed E-state index contributed by atoms with van der Waals surface area (Å²) in [6.45, 7) is 1.44. The molecule has 0 spiro atoms. The topological polar surface area (TPSA) is 66.3 Å². The fourth-order valence-corrected chi connectivity index (χ4v) is 3.25. The molecule has 0 amide bonds. The van der Waals surface area contributed by atoms with Crippen LogP contribution in [-0.2, 0) is 4.79 Å². The first-order valence-corrected chi connectivity index (χ1v) is 8.08. The zero-order valence-corrected chi connectivity index (χ0v) is 12.9. The third-order valence-electron chi connectivity index (χ3n) is 3.76. The summed E-state index contributed by atoms with van der Waals surface area (Å²) in [6.07, 6.45) is 1.33. The molecule has 1 aliphatic heterocycles. The molecule has 2 aromatic rings. The van der Waals surface area contributed by atoms with E-state index in [-0.39, 0.29) is 5.92 Å². The smallest absolute Gasteiger partial charge is 0.306 e. The van der Waals surface area contributed by atoms with Crippen LogP contribution in [0.1, 0.15) is 12.8 Å². The lowest BCUT2D eigenvalue weighted by Crippen LogP contribution is -2.36. The molecule has 5 nitrogen and oxygen atoms in total. The number of hydrogen-bond acceptors (Lipinski definition) is 5. The molecule has 3 rings (SSSR count). The standard InChI is InChI=1S/C16H17N3O2S/c20-16(21)12-8-10-19(11-9-12)14-6-7-15(18-17-14)22-13-4-2-1-3-5-13/h1-7,12H,8-11H2,(H,20,21). The summed E-state index contributed by atoms with van der Waals surface area (Å²) in [6, 6.07) is 14.0. The van der Waals surface area contributed by atoms with Crippen molar-refractivity contribution in [2.24, 2.45) is 5.92 Å². The van der Waals surface area contributed by atoms with E-state index in [4.69, 9.17) is 5.11 Å². The average Bonchev–Trinajstić information content (AvgIpc) is 2.57. The van der Waals surface area contributed by atoms with Crippen molar-refractivity contribution in [1.29, 1.82) is 0 Å². The first-order valence-electron chi connectivity index (χ1n) is 7.27. The van der Waals surface area contributed by atoms with Crippen molar-refractivity contribution >= 4 is 23.5 Å². The first kappa shape index (κ1) is 14.8. The van der Waals surface area contributed by atoms with Crippen LogP contribution in [-0.4, -0.2) is 34.4 Å². The number of benzene rings is 1. The second-order valence-corrected chi connectivity index (χ2v) is 6.34. The number of hydrogen-bond donors (Lipinski definition) is 1. The third kappa shape index (κ3) is 3.57. The molecule has 114 valence electrons. The first-order chi connectivity index (χ1) is 10.7. The molecular formula is C16H17N3O2S. The average molecular weight is 315 g/mol. The maximum absolute atomic E-state index is 11.0. The van der Waals surface area contributed by atoms with Gasteiger partial charge in [-0.1, -0.05) is 30.0 Å². The summed E-state index contributed by atoms with van der Waals surface area (Å²) >= 11 is 1.58. The molecule has 6 heteroatoms. The summed E-state index contributed by atoms with van der Waals surface area (Å²) < 4.78 is 0. The lowest BCUT2D eigenvalue weighted by Gasteiger charge is -2.30. The monoisotopic (exact) mass is 315 g/mol. The van der Waals surface area contributed by atoms with Gasteiger partial charge in [-0.3, -0.25) is 4.79 Å². The zero-order chi connectivity index (χ0) is 15.4. The van der Waals surface area contributed by atoms with E-state index in [1.807, 2.05) is 42.5 Å². The summed E-state index contributed by atoms with van der Waals surface area (Å²) in [4.78, 5) is 14.2. The van der Waals surface area contributed by atoms with Gasteiger partial charge in [0.2, 0.25) is 0 Å². The third-order valence-corrected chi connectivity index (χ3v) is 4.69. The van der Waals surface area contributed by atoms with Crippen molar-refractivity contribution in [3.8, 4) is 0 Å². The van der Waals surface area contributed by atoms with Crippen LogP contribution in [0.25, 0.3) is 0 Å². The molecule has 0 radical (unpaired) electrons. The second-order valence-electron chi connectivity index (χ2n) is 5.24. The van der Waals surface area contributed by atoms with Gasteiger partial charge in [0.05, 0.1) is 5.92 Å². The highest BCUT2D eigenvalue weighted by molar-refractivity contribution is 7.99. The summed E-state index contributed by atoms with van der Waals surface area (Å²) in [5.41, 5.74) is 0. The van der Waals surface area contributed by atoms with Crippen molar-refractivity contribution in [3.63, 3.8) is 0 Å². The van der Waals surface area contributed by atoms with Gasteiger partial charge in [0, 0.05) is 18.0 Å². The zero-order valence-electron chi connectivity index (χ0n) is 12.1. The Morgan fingerprint density at radius 2 is 1.82 bits per heavy atom. The van der Waals surface area contributed by atoms with Crippen LogP contribution in [0, 0.1) is 5.92 Å². The number of piperidine rings is 1. The number of carboxylic acid groups (broad SMARTS) is 1. The highest BCUT2D eigenvalue weighted by Gasteiger charge is 2.25. The largest absolute Gasteiger partial charge is 0.481 e. The number of aliphatic carboxylic acids is 1. The Hall–Kier alpha value is -2.08. The van der Waals surface area contributed by atoms with Crippen LogP contribution in [0.3, 0.4) is 0 Å². The minimum Gasteiger partial charge on any atom is -0.481 e. The van der Waals surface area contributed by atoms with Crippen LogP contribution in [0.2, 0.25) is 0 Å². The predicted molar refractivity (Wildman–Crippen MR) is 85.2 cm³/mol. The van der Waals surface area contributed by atoms with Gasteiger partial charge >= 0.3 is 5.97 Å². The normalized spacial score (nSPS) is 15.7. The Labute approximate surface area is 133 Å². The summed E-state index contributed by atoms with van der Waals surface area (Å²) in [5.74, 6) is -0.0984. The Balaban J connectivity index is 1.61. The maximum Gasteiger partial charge on any atom is 0.306 e. The molecule has 1 aliphatic rings. The number of rotatable bonds is 4. The molecule has 0 saturated carbocycles. The Morgan fingerprint density at radius 1 is 1.09 bits per heavy atom. The van der Waals surface area contributed by atoms with Gasteiger partial charge < -0.3 is 10.0 Å². The van der Waals surface area contributed by atoms with Crippen LogP contribution < -0.4 is 4.90 Å². The SMILES string of the molecule is O=C(O)C1CCN(c2ccc(Sc3ccccc3)nn2)CC1. The predicted octanol–water partition coefficient (Wildman–Crippen LogP) is 2.93. The van der Waals surface area contributed by atoms with Crippen LogP contribution in [0.15, 0.2) is 52.4 Å². The van der Waals surface area contributed by atoms with E-state index in [2.05, 4.69) is 15.1 Å². The highest BCUT2D eigenvalue weighted by atomic mass is 32.2. The molecule has 1 N–H and O–H groups in total. The molecule has 22 heavy (non-hydrogen) atoms. The molecular weight excluding hydrogens is 298 g/mol. The van der Waals surface area contributed by atoms with Crippen molar-refractivity contribution in [3.05, 3.63) is 42.5 Å². The molecule has 1 aromatic heterocycles. The van der Waals surface area contributed by atoms with Gasteiger partial charge in [-0.25, -0.2) is 0 Å². The fourth-order valence-electron chi connectivity index (χ4n) is 2.50. The summed E-state index contributed by atoms with van der Waals surface area (Å²) in [5, 5.41) is 18.4. The lowest BCUT2D eigenvalue weighted by atomic mass is 9.97. The Bertz CT molecular complexity index is 626. The molecule has 2 heterocycles. The number of carboxylic acids is 1. The molecule has 1 saturated heterocycles. The Kier molecular flexibility index (Phi) is 4.58. The minimum atomic E-state index is -0.694. The van der Waals surface area contributed by atoms with Gasteiger partial charge in [0.15, 0.2) is 5.82 Å². The molecule has 0 bridgehead atoms. The van der Waals surface area contributed by atoms with Crippen molar-refractivity contribution in [2.75, 3.05) is 18.0 Å². The fraction of sp³-hybridized carbons (Fsp3) is 0.312. The van der Waals surface area contributed by atoms with Gasteiger partial charge in [-0.15, -0.1) is 10.2 Å². The Morgan fingerprint density at radius 3 is 2.41 bits per heavy atom. The van der Waals surface area contributed by atoms with E-state index < -0.39 is 5.97 Å². The number of nitrogens with zero attached hydrogens (tertiary/aromatic N) is 3. The summed E-state index contributed by atoms with van der Waals surface area (Å²) in [7, 11) is 0. The molecule has 1 aromatic carbocycles. The van der Waals surface area contributed by atoms with E-state index in [1.54, 1.807) is 11.8 Å². The number of carbonyl (C=O) groups is 1. The number of aromatic nitrogens is 2. The van der Waals surface area contributed by atoms with E-state index in [9.17, 15) is 4.79 Å². The number of anilines is 1. The lowest BCUT2D eigenvalue weighted by molar-refractivity contribution is -0.142. The van der Waals surface area contributed by atoms with E-state index >= 15 is 0 Å². The van der Waals surface area contributed by atoms with Crippen LogP contribution in [0.5, 0.6) is 0 Å². The van der Waals surface area contributed by atoms with Crippen LogP contribution in [0.4, 0.5) is 5.82 Å². The second kappa shape index (κ2) is 6.79. The van der Waals surface area contributed by atoms with Crippen molar-refractivity contribution < 1.29 is 9.90 Å². The van der Waals surface area contributed by atoms with Crippen molar-refractivity contribution in [1.82, 2.24) is 10.2 Å². The van der Waals surface area contributed by atoms with E-state index in [0.29, 0.717) is 12.8 Å². The van der Waals surface area contributed by atoms with Gasteiger partial charge in [0.1, 0.15) is 5.03 Å². The van der Waals surface area contributed by atoms with Gasteiger partial charge in [-0.2, -0.15) is 0 Å². The van der Waals surface area contributed by atoms with Gasteiger partial charge in [-0.05, 0) is 37.1 Å². The quantitative estimate of drug-likeness (QED) is 0.936. The molecule has 0 unspecified atom stereocenters. The van der Waals surface area contributed by atoms with Crippen molar-refractivity contribution in [2.45, 2.75) is 22.8 Å². The highest BCUT2D eigenvalue weighted by Crippen LogP contribution is 2.27. The van der Waals surface area contributed by atoms with Crippen LogP contribution >= 0.6 is 11.8 Å². The van der Waals surface area contributed by atoms with E-state index in [1.165, 1.54) is 0 Å². The molecule has 1 fully saturated rings. The maximum atomic E-state index is 11.0. The minimum absolute atomic E-state index is 0.225. The molecule has 0 atom stereocenters. The molecule has 0 aliphatic carbocycles. The van der Waals surface area contributed by atoms with Gasteiger partial charge in [0.25, 0.3) is 0 Å². The van der Waals surface area contributed by atoms with E-state index in [0.717, 1.165) is 28.8 Å².